The van der Waals surface area contributed by atoms with Gasteiger partial charge in [0.1, 0.15) is 10.6 Å². The molecule has 6 heteroatoms. The minimum atomic E-state index is -0.327. The van der Waals surface area contributed by atoms with E-state index in [0.29, 0.717) is 24.3 Å². The number of Topliss-reactive ketones (excluding diaryl/α,β-unsaturated/α-hetero) is 1. The van der Waals surface area contributed by atoms with Gasteiger partial charge in [0.25, 0.3) is 0 Å². The minimum Gasteiger partial charge on any atom is -0.497 e. The molecule has 1 aromatic heterocycles. The van der Waals surface area contributed by atoms with E-state index in [1.807, 2.05) is 30.5 Å². The van der Waals surface area contributed by atoms with Gasteiger partial charge in [-0.1, -0.05) is 12.1 Å². The minimum absolute atomic E-state index is 0.0726. The van der Waals surface area contributed by atoms with Crippen molar-refractivity contribution < 1.29 is 19.1 Å². The lowest BCUT2D eigenvalue weighted by Gasteiger charge is -2.23. The quantitative estimate of drug-likeness (QED) is 0.565. The van der Waals surface area contributed by atoms with Crippen molar-refractivity contribution in [3.05, 3.63) is 45.8 Å². The molecule has 4 nitrogen and oxygen atoms in total. The summed E-state index contributed by atoms with van der Waals surface area (Å²) in [6.45, 7) is 2.12. The van der Waals surface area contributed by atoms with Gasteiger partial charge in [-0.25, -0.2) is 4.79 Å². The van der Waals surface area contributed by atoms with Gasteiger partial charge in [-0.05, 0) is 48.8 Å². The van der Waals surface area contributed by atoms with Gasteiger partial charge in [-0.3, -0.25) is 4.79 Å². The van der Waals surface area contributed by atoms with Crippen LogP contribution in [-0.2, 0) is 11.2 Å². The Kier molecular flexibility index (Phi) is 5.49. The van der Waals surface area contributed by atoms with E-state index in [-0.39, 0.29) is 17.7 Å². The fourth-order valence-electron chi connectivity index (χ4n) is 3.18. The molecular formula is C19H20O4S2. The fourth-order valence-corrected chi connectivity index (χ4v) is 5.18. The van der Waals surface area contributed by atoms with E-state index in [9.17, 15) is 9.59 Å². The Balaban J connectivity index is 1.98. The first-order chi connectivity index (χ1) is 12.1. The smallest absolute Gasteiger partial charge is 0.348 e. The Morgan fingerprint density at radius 1 is 1.28 bits per heavy atom. The predicted octanol–water partition coefficient (Wildman–Crippen LogP) is 4.57. The first kappa shape index (κ1) is 18.0. The lowest BCUT2D eigenvalue weighted by Crippen LogP contribution is -2.20. The summed E-state index contributed by atoms with van der Waals surface area (Å²) in [7, 11) is 1.63. The van der Waals surface area contributed by atoms with Crippen LogP contribution in [0.1, 0.15) is 50.4 Å². The average Bonchev–Trinajstić information content (AvgIpc) is 3.01. The van der Waals surface area contributed by atoms with Gasteiger partial charge >= 0.3 is 5.97 Å². The molecule has 2 aromatic rings. The topological polar surface area (TPSA) is 52.6 Å². The number of benzene rings is 1. The Morgan fingerprint density at radius 3 is 2.60 bits per heavy atom. The van der Waals surface area contributed by atoms with Crippen molar-refractivity contribution in [2.75, 3.05) is 20.0 Å². The molecule has 0 spiro atoms. The van der Waals surface area contributed by atoms with E-state index in [1.165, 1.54) is 23.1 Å². The number of esters is 1. The highest BCUT2D eigenvalue weighted by molar-refractivity contribution is 8.00. The Morgan fingerprint density at radius 2 is 2.00 bits per heavy atom. The number of fused-ring (bicyclic) bond motifs is 1. The van der Waals surface area contributed by atoms with E-state index in [1.54, 1.807) is 14.0 Å². The maximum Gasteiger partial charge on any atom is 0.348 e. The number of thiophene rings is 1. The first-order valence-electron chi connectivity index (χ1n) is 8.12. The summed E-state index contributed by atoms with van der Waals surface area (Å²) in [5.74, 6) is 0.646. The molecule has 0 amide bonds. The van der Waals surface area contributed by atoms with Crippen molar-refractivity contribution >= 4 is 34.9 Å². The van der Waals surface area contributed by atoms with Crippen LogP contribution in [0, 0.1) is 0 Å². The summed E-state index contributed by atoms with van der Waals surface area (Å²) >= 11 is 2.90. The van der Waals surface area contributed by atoms with Crippen molar-refractivity contribution in [3.8, 4) is 5.75 Å². The van der Waals surface area contributed by atoms with E-state index >= 15 is 0 Å². The Labute approximate surface area is 155 Å². The third-order valence-corrected chi connectivity index (χ3v) is 6.70. The normalized spacial score (nSPS) is 16.4. The van der Waals surface area contributed by atoms with Crippen molar-refractivity contribution in [1.82, 2.24) is 0 Å². The monoisotopic (exact) mass is 376 g/mol. The summed E-state index contributed by atoms with van der Waals surface area (Å²) in [5.41, 5.74) is 2.67. The van der Waals surface area contributed by atoms with Gasteiger partial charge in [0.05, 0.1) is 17.9 Å². The standard InChI is InChI=1S/C19H20O4S2/c1-4-23-18(21)17-14-9-12(11-5-7-13(22-2)8-6-11)10-15(20)16(14)19(24-3)25-17/h5-8,12H,4,9-10H2,1-3H3/t12-/m0/s1. The number of methoxy groups -OCH3 is 1. The largest absolute Gasteiger partial charge is 0.497 e. The maximum absolute atomic E-state index is 12.8. The molecule has 0 saturated heterocycles. The second kappa shape index (κ2) is 7.62. The zero-order chi connectivity index (χ0) is 18.0. The molecule has 1 aromatic carbocycles. The highest BCUT2D eigenvalue weighted by atomic mass is 32.2. The van der Waals surface area contributed by atoms with Crippen LogP contribution in [0.25, 0.3) is 0 Å². The van der Waals surface area contributed by atoms with E-state index in [4.69, 9.17) is 9.47 Å². The first-order valence-corrected chi connectivity index (χ1v) is 10.2. The van der Waals surface area contributed by atoms with Crippen molar-refractivity contribution in [2.45, 2.75) is 29.9 Å². The number of carbonyl (C=O) groups excluding carboxylic acids is 2. The second-order valence-electron chi connectivity index (χ2n) is 5.80. The van der Waals surface area contributed by atoms with Crippen LogP contribution < -0.4 is 4.74 Å². The number of ketones is 1. The third kappa shape index (κ3) is 3.46. The summed E-state index contributed by atoms with van der Waals surface area (Å²) in [5, 5.41) is 0. The van der Waals surface area contributed by atoms with Gasteiger partial charge in [-0.15, -0.1) is 23.1 Å². The van der Waals surface area contributed by atoms with Crippen molar-refractivity contribution in [1.29, 1.82) is 0 Å². The summed E-state index contributed by atoms with van der Waals surface area (Å²) in [4.78, 5) is 25.7. The van der Waals surface area contributed by atoms with Crippen LogP contribution in [0.15, 0.2) is 28.5 Å². The molecule has 132 valence electrons. The third-order valence-electron chi connectivity index (χ3n) is 4.37. The summed E-state index contributed by atoms with van der Waals surface area (Å²) < 4.78 is 11.3. The molecule has 1 aliphatic rings. The molecule has 25 heavy (non-hydrogen) atoms. The maximum atomic E-state index is 12.8. The average molecular weight is 376 g/mol. The van der Waals surface area contributed by atoms with Crippen molar-refractivity contribution in [2.24, 2.45) is 0 Å². The van der Waals surface area contributed by atoms with Crippen LogP contribution >= 0.6 is 23.1 Å². The zero-order valence-electron chi connectivity index (χ0n) is 14.5. The SMILES string of the molecule is CCOC(=O)c1sc(SC)c2c1C[C@H](c1ccc(OC)cc1)CC2=O. The molecule has 0 fully saturated rings. The lowest BCUT2D eigenvalue weighted by molar-refractivity contribution is 0.0531. The van der Waals surface area contributed by atoms with Crippen LogP contribution in [0.4, 0.5) is 0 Å². The van der Waals surface area contributed by atoms with Gasteiger partial charge in [-0.2, -0.15) is 0 Å². The van der Waals surface area contributed by atoms with Gasteiger partial charge in [0.15, 0.2) is 5.78 Å². The molecule has 0 aliphatic heterocycles. The van der Waals surface area contributed by atoms with E-state index in [0.717, 1.165) is 26.6 Å². The number of hydrogen-bond acceptors (Lipinski definition) is 6. The molecule has 3 rings (SSSR count). The molecule has 0 N–H and O–H groups in total. The Bertz CT molecular complexity index is 793. The van der Waals surface area contributed by atoms with Crippen LogP contribution in [0.2, 0.25) is 0 Å². The fraction of sp³-hybridized carbons (Fsp3) is 0.368. The predicted molar refractivity (Wildman–Crippen MR) is 100 cm³/mol. The van der Waals surface area contributed by atoms with Gasteiger partial charge in [0.2, 0.25) is 0 Å². The Hall–Kier alpha value is -1.79. The molecular weight excluding hydrogens is 356 g/mol. The molecule has 1 atom stereocenters. The molecule has 0 bridgehead atoms. The highest BCUT2D eigenvalue weighted by Gasteiger charge is 2.34. The van der Waals surface area contributed by atoms with Gasteiger partial charge < -0.3 is 9.47 Å². The molecule has 1 aliphatic carbocycles. The summed E-state index contributed by atoms with van der Waals surface area (Å²) in [6, 6.07) is 7.80. The lowest BCUT2D eigenvalue weighted by atomic mass is 9.80. The van der Waals surface area contributed by atoms with Crippen molar-refractivity contribution in [3.63, 3.8) is 0 Å². The highest BCUT2D eigenvalue weighted by Crippen LogP contribution is 2.43. The van der Waals surface area contributed by atoms with Crippen LogP contribution in [-0.4, -0.2) is 31.7 Å². The summed E-state index contributed by atoms with van der Waals surface area (Å²) in [6.07, 6.45) is 3.08. The molecule has 0 unspecified atom stereocenters. The molecule has 0 saturated carbocycles. The number of hydrogen-bond donors (Lipinski definition) is 0. The van der Waals surface area contributed by atoms with Gasteiger partial charge in [0, 0.05) is 12.0 Å². The number of carbonyl (C=O) groups is 2. The van der Waals surface area contributed by atoms with Crippen LogP contribution in [0.5, 0.6) is 5.75 Å². The second-order valence-corrected chi connectivity index (χ2v) is 7.89. The number of ether oxygens (including phenoxy) is 2. The number of thioether (sulfide) groups is 1. The van der Waals surface area contributed by atoms with Crippen LogP contribution in [0.3, 0.4) is 0 Å². The van der Waals surface area contributed by atoms with E-state index < -0.39 is 0 Å². The number of rotatable bonds is 5. The molecule has 1 heterocycles. The van der Waals surface area contributed by atoms with E-state index in [2.05, 4.69) is 0 Å². The molecule has 0 radical (unpaired) electrons. The zero-order valence-corrected chi connectivity index (χ0v) is 16.1.